The molecule has 36 heavy (non-hydrogen) atoms. The number of ether oxygens (including phenoxy) is 2. The van der Waals surface area contributed by atoms with Crippen molar-refractivity contribution in [3.05, 3.63) is 59.8 Å². The van der Waals surface area contributed by atoms with E-state index < -0.39 is 54.6 Å². The normalized spacial score (nSPS) is 12.5. The van der Waals surface area contributed by atoms with E-state index in [9.17, 15) is 35.5 Å². The number of carbonyl (C=O) groups is 1. The van der Waals surface area contributed by atoms with Gasteiger partial charge in [0.25, 0.3) is 12.3 Å². The summed E-state index contributed by atoms with van der Waals surface area (Å²) in [5.74, 6) is -1.92. The van der Waals surface area contributed by atoms with E-state index in [1.807, 2.05) is 0 Å². The molecule has 192 valence electrons. The quantitative estimate of drug-likeness (QED) is 0.410. The van der Waals surface area contributed by atoms with Crippen molar-refractivity contribution in [1.82, 2.24) is 25.3 Å². The highest BCUT2D eigenvalue weighted by Crippen LogP contribution is 2.33. The predicted molar refractivity (Wildman–Crippen MR) is 109 cm³/mol. The minimum Gasteiger partial charge on any atom is -0.488 e. The molecule has 0 aliphatic heterocycles. The molecule has 3 aromatic rings. The molecule has 0 aliphatic carbocycles. The Balaban J connectivity index is 1.85. The van der Waals surface area contributed by atoms with Crippen LogP contribution in [0.4, 0.5) is 30.7 Å². The standard InChI is InChI=1S/C21H16F7N5O3/c1-10(16-17(30-3-2-29-16)18-31-7-14(8-32-18)36-20(24)25)33-19(34)11-4-12(21(26,27)28)6-13(5-11)35-9-15(22)23/h2-8,10,15,20H,9H2,1H3,(H,33,34). The Kier molecular flexibility index (Phi) is 8.22. The zero-order chi connectivity index (χ0) is 26.5. The molecule has 1 atom stereocenters. The highest BCUT2D eigenvalue weighted by atomic mass is 19.4. The van der Waals surface area contributed by atoms with Crippen molar-refractivity contribution in [2.24, 2.45) is 0 Å². The summed E-state index contributed by atoms with van der Waals surface area (Å²) in [5, 5.41) is 2.44. The smallest absolute Gasteiger partial charge is 0.416 e. The molecule has 2 aromatic heterocycles. The first-order valence-electron chi connectivity index (χ1n) is 9.96. The maximum absolute atomic E-state index is 13.3. The van der Waals surface area contributed by atoms with Gasteiger partial charge in [-0.3, -0.25) is 9.78 Å². The second-order valence-electron chi connectivity index (χ2n) is 7.05. The third-order valence-corrected chi connectivity index (χ3v) is 4.42. The van der Waals surface area contributed by atoms with Gasteiger partial charge in [-0.25, -0.2) is 23.7 Å². The lowest BCUT2D eigenvalue weighted by Crippen LogP contribution is -2.28. The van der Waals surface area contributed by atoms with Crippen LogP contribution in [0.15, 0.2) is 43.0 Å². The Hall–Kier alpha value is -4.04. The topological polar surface area (TPSA) is 99.1 Å². The second kappa shape index (κ2) is 11.1. The summed E-state index contributed by atoms with van der Waals surface area (Å²) in [5.41, 5.74) is -1.61. The van der Waals surface area contributed by atoms with Crippen molar-refractivity contribution in [1.29, 1.82) is 0 Å². The SMILES string of the molecule is CC(NC(=O)c1cc(OCC(F)F)cc(C(F)(F)F)c1)c1nccnc1-c1ncc(OC(F)F)cn1. The van der Waals surface area contributed by atoms with Gasteiger partial charge in [-0.15, -0.1) is 0 Å². The summed E-state index contributed by atoms with van der Waals surface area (Å²) in [4.78, 5) is 28.7. The van der Waals surface area contributed by atoms with E-state index in [-0.39, 0.29) is 23.0 Å². The molecular formula is C21H16F7N5O3. The predicted octanol–water partition coefficient (Wildman–Crippen LogP) is 4.69. The average Bonchev–Trinajstić information content (AvgIpc) is 2.82. The van der Waals surface area contributed by atoms with Crippen LogP contribution in [0.2, 0.25) is 0 Å². The Bertz CT molecular complexity index is 1190. The van der Waals surface area contributed by atoms with Crippen molar-refractivity contribution < 1.29 is 45.0 Å². The molecular weight excluding hydrogens is 503 g/mol. The molecule has 0 saturated carbocycles. The third-order valence-electron chi connectivity index (χ3n) is 4.42. The van der Waals surface area contributed by atoms with Gasteiger partial charge in [0, 0.05) is 18.0 Å². The number of rotatable bonds is 9. The minimum absolute atomic E-state index is 0.0532. The van der Waals surface area contributed by atoms with Gasteiger partial charge in [-0.1, -0.05) is 0 Å². The number of carbonyl (C=O) groups excluding carboxylic acids is 1. The van der Waals surface area contributed by atoms with Crippen molar-refractivity contribution in [2.75, 3.05) is 6.61 Å². The first-order chi connectivity index (χ1) is 16.9. The first-order valence-corrected chi connectivity index (χ1v) is 9.96. The van der Waals surface area contributed by atoms with Gasteiger partial charge in [-0.2, -0.15) is 22.0 Å². The summed E-state index contributed by atoms with van der Waals surface area (Å²) in [6.45, 7) is -2.80. The number of hydrogen-bond acceptors (Lipinski definition) is 7. The van der Waals surface area contributed by atoms with Crippen LogP contribution < -0.4 is 14.8 Å². The molecule has 1 unspecified atom stereocenters. The molecule has 0 fully saturated rings. The van der Waals surface area contributed by atoms with Crippen molar-refractivity contribution >= 4 is 5.91 Å². The lowest BCUT2D eigenvalue weighted by molar-refractivity contribution is -0.137. The number of amides is 1. The van der Waals surface area contributed by atoms with E-state index in [4.69, 9.17) is 0 Å². The zero-order valence-corrected chi connectivity index (χ0v) is 18.1. The molecule has 1 amide bonds. The summed E-state index contributed by atoms with van der Waals surface area (Å²) in [6.07, 6.45) is -3.32. The van der Waals surface area contributed by atoms with Crippen molar-refractivity contribution in [2.45, 2.75) is 32.2 Å². The van der Waals surface area contributed by atoms with Crippen LogP contribution in [0, 0.1) is 0 Å². The summed E-state index contributed by atoms with van der Waals surface area (Å²) < 4.78 is 98.1. The summed E-state index contributed by atoms with van der Waals surface area (Å²) >= 11 is 0. The highest BCUT2D eigenvalue weighted by Gasteiger charge is 2.32. The minimum atomic E-state index is -4.87. The fourth-order valence-corrected chi connectivity index (χ4v) is 2.92. The van der Waals surface area contributed by atoms with Crippen LogP contribution in [0.1, 0.15) is 34.6 Å². The van der Waals surface area contributed by atoms with Crippen LogP contribution in [-0.2, 0) is 6.18 Å². The van der Waals surface area contributed by atoms with E-state index >= 15 is 0 Å². The average molecular weight is 519 g/mol. The van der Waals surface area contributed by atoms with Gasteiger partial charge < -0.3 is 14.8 Å². The summed E-state index contributed by atoms with van der Waals surface area (Å²) in [7, 11) is 0. The van der Waals surface area contributed by atoms with Gasteiger partial charge in [0.05, 0.1) is 29.7 Å². The number of nitrogens with zero attached hydrogens (tertiary/aromatic N) is 4. The molecule has 8 nitrogen and oxygen atoms in total. The molecule has 1 aromatic carbocycles. The lowest BCUT2D eigenvalue weighted by atomic mass is 10.1. The van der Waals surface area contributed by atoms with Gasteiger partial charge in [0.1, 0.15) is 18.1 Å². The fourth-order valence-electron chi connectivity index (χ4n) is 2.92. The number of hydrogen-bond donors (Lipinski definition) is 1. The maximum atomic E-state index is 13.3. The van der Waals surface area contributed by atoms with Gasteiger partial charge in [-0.05, 0) is 25.1 Å². The largest absolute Gasteiger partial charge is 0.488 e. The molecule has 0 spiro atoms. The molecule has 0 saturated heterocycles. The molecule has 0 aliphatic rings. The molecule has 1 N–H and O–H groups in total. The van der Waals surface area contributed by atoms with E-state index in [1.165, 1.54) is 19.3 Å². The fraction of sp³-hybridized carbons (Fsp3) is 0.286. The Labute approximate surface area is 198 Å². The van der Waals surface area contributed by atoms with E-state index in [0.717, 1.165) is 18.5 Å². The number of alkyl halides is 7. The second-order valence-corrected chi connectivity index (χ2v) is 7.05. The van der Waals surface area contributed by atoms with Gasteiger partial charge in [0.15, 0.2) is 11.6 Å². The maximum Gasteiger partial charge on any atom is 0.416 e. The molecule has 15 heteroatoms. The number of halogens is 7. The Morgan fingerprint density at radius 3 is 2.25 bits per heavy atom. The van der Waals surface area contributed by atoms with Gasteiger partial charge >= 0.3 is 12.8 Å². The van der Waals surface area contributed by atoms with Crippen LogP contribution in [0.5, 0.6) is 11.5 Å². The van der Waals surface area contributed by atoms with Crippen LogP contribution in [0.3, 0.4) is 0 Å². The Morgan fingerprint density at radius 1 is 0.972 bits per heavy atom. The molecule has 2 heterocycles. The molecule has 3 rings (SSSR count). The number of benzene rings is 1. The highest BCUT2D eigenvalue weighted by molar-refractivity contribution is 5.95. The van der Waals surface area contributed by atoms with Crippen LogP contribution >= 0.6 is 0 Å². The first kappa shape index (κ1) is 26.6. The summed E-state index contributed by atoms with van der Waals surface area (Å²) in [6, 6.07) is 0.978. The van der Waals surface area contributed by atoms with Crippen LogP contribution in [-0.4, -0.2) is 45.5 Å². The number of nitrogens with one attached hydrogen (secondary N) is 1. The van der Waals surface area contributed by atoms with Crippen LogP contribution in [0.25, 0.3) is 11.5 Å². The van der Waals surface area contributed by atoms with Crippen molar-refractivity contribution in [3.63, 3.8) is 0 Å². The van der Waals surface area contributed by atoms with Crippen molar-refractivity contribution in [3.8, 4) is 23.0 Å². The van der Waals surface area contributed by atoms with E-state index in [0.29, 0.717) is 12.1 Å². The monoisotopic (exact) mass is 519 g/mol. The number of aromatic nitrogens is 4. The Morgan fingerprint density at radius 2 is 1.64 bits per heavy atom. The molecule has 0 radical (unpaired) electrons. The van der Waals surface area contributed by atoms with Gasteiger partial charge in [0.2, 0.25) is 0 Å². The lowest BCUT2D eigenvalue weighted by Gasteiger charge is -2.17. The van der Waals surface area contributed by atoms with E-state index in [1.54, 1.807) is 0 Å². The third kappa shape index (κ3) is 6.99. The molecule has 0 bridgehead atoms. The van der Waals surface area contributed by atoms with E-state index in [2.05, 4.69) is 34.7 Å². The zero-order valence-electron chi connectivity index (χ0n) is 18.1.